The number of benzene rings is 1. The van der Waals surface area contributed by atoms with E-state index >= 15 is 0 Å². The maximum absolute atomic E-state index is 14.8. The van der Waals surface area contributed by atoms with E-state index in [0.717, 1.165) is 0 Å². The minimum absolute atomic E-state index is 0.00965. The molecule has 1 aromatic carbocycles. The molecule has 10 heteroatoms. The van der Waals surface area contributed by atoms with Gasteiger partial charge in [-0.15, -0.1) is 11.3 Å². The second-order valence-corrected chi connectivity index (χ2v) is 9.74. The Kier molecular flexibility index (Phi) is 8.05. The van der Waals surface area contributed by atoms with Crippen molar-refractivity contribution in [3.63, 3.8) is 0 Å². The molecule has 3 heterocycles. The number of hydrogen-bond acceptors (Lipinski definition) is 6. The van der Waals surface area contributed by atoms with Gasteiger partial charge in [-0.25, -0.2) is 14.0 Å². The van der Waals surface area contributed by atoms with E-state index in [1.807, 2.05) is 36.3 Å². The van der Waals surface area contributed by atoms with Crippen LogP contribution in [-0.4, -0.2) is 78.0 Å². The molecule has 8 nitrogen and oxygen atoms in total. The molecule has 0 spiro atoms. The van der Waals surface area contributed by atoms with E-state index in [2.05, 4.69) is 10.2 Å². The predicted octanol–water partition coefficient (Wildman–Crippen LogP) is 3.64. The number of likely N-dealkylation sites (N-methyl/N-ethyl adjacent to an activating group) is 1. The van der Waals surface area contributed by atoms with Crippen LogP contribution in [0, 0.1) is 5.82 Å². The Labute approximate surface area is 214 Å². The van der Waals surface area contributed by atoms with Crippen molar-refractivity contribution in [3.05, 3.63) is 69.3 Å². The van der Waals surface area contributed by atoms with Crippen LogP contribution in [0.5, 0.6) is 0 Å². The third-order valence-corrected chi connectivity index (χ3v) is 7.40. The molecule has 0 radical (unpaired) electrons. The van der Waals surface area contributed by atoms with Gasteiger partial charge in [0.2, 0.25) is 0 Å². The Morgan fingerprint density at radius 3 is 2.58 bits per heavy atom. The molecular weight excluding hydrogens is 483 g/mol. The minimum Gasteiger partial charge on any atom is -0.463 e. The summed E-state index contributed by atoms with van der Waals surface area (Å²) in [5.74, 6) is -1.09. The van der Waals surface area contributed by atoms with Crippen molar-refractivity contribution in [3.8, 4) is 0 Å². The highest BCUT2D eigenvalue weighted by Gasteiger charge is 2.40. The summed E-state index contributed by atoms with van der Waals surface area (Å²) in [5.41, 5.74) is 0.938. The molecule has 2 atom stereocenters. The average molecular weight is 515 g/mol. The third-order valence-electron chi connectivity index (χ3n) is 6.54. The van der Waals surface area contributed by atoms with E-state index in [1.165, 1.54) is 22.3 Å². The summed E-state index contributed by atoms with van der Waals surface area (Å²) in [6.07, 6.45) is 0. The molecule has 4 rings (SSSR count). The van der Waals surface area contributed by atoms with E-state index in [0.29, 0.717) is 43.3 Å². The lowest BCUT2D eigenvalue weighted by Crippen LogP contribution is -2.56. The second kappa shape index (κ2) is 11.2. The zero-order chi connectivity index (χ0) is 25.8. The number of piperazine rings is 1. The molecule has 2 aliphatic heterocycles. The molecule has 2 aromatic rings. The van der Waals surface area contributed by atoms with Gasteiger partial charge in [-0.3, -0.25) is 14.6 Å². The number of hydrogen-bond donors (Lipinski definition) is 1. The molecule has 2 aliphatic rings. The van der Waals surface area contributed by atoms with Crippen LogP contribution in [0.2, 0.25) is 0 Å². The van der Waals surface area contributed by atoms with Crippen molar-refractivity contribution in [1.29, 1.82) is 0 Å². The maximum atomic E-state index is 14.8. The van der Waals surface area contributed by atoms with E-state index in [4.69, 9.17) is 4.74 Å². The molecule has 1 N–H and O–H groups in total. The van der Waals surface area contributed by atoms with Gasteiger partial charge in [-0.05, 0) is 38.3 Å². The lowest BCUT2D eigenvalue weighted by molar-refractivity contribution is -0.139. The largest absolute Gasteiger partial charge is 0.463 e. The number of nitrogens with one attached hydrogen (secondary N) is 1. The zero-order valence-corrected chi connectivity index (χ0v) is 21.5. The SMILES string of the molecule is CCOC(=O)C1=C(CN2CCN(C(=O)c3cccs3)[C@@H](C)C2)N(CC)C(=O)N[C@H]1c1ccccc1F. The average Bonchev–Trinajstić information content (AvgIpc) is 3.39. The molecule has 1 fully saturated rings. The van der Waals surface area contributed by atoms with Gasteiger partial charge in [-0.1, -0.05) is 24.3 Å². The number of urea groups is 1. The Balaban J connectivity index is 1.65. The van der Waals surface area contributed by atoms with E-state index in [-0.39, 0.29) is 29.7 Å². The highest BCUT2D eigenvalue weighted by Crippen LogP contribution is 2.33. The molecule has 36 heavy (non-hydrogen) atoms. The quantitative estimate of drug-likeness (QED) is 0.571. The van der Waals surface area contributed by atoms with E-state index in [9.17, 15) is 18.8 Å². The maximum Gasteiger partial charge on any atom is 0.338 e. The van der Waals surface area contributed by atoms with E-state index in [1.54, 1.807) is 25.1 Å². The Bertz CT molecular complexity index is 1150. The van der Waals surface area contributed by atoms with Gasteiger partial charge in [0.1, 0.15) is 5.82 Å². The van der Waals surface area contributed by atoms with Crippen molar-refractivity contribution in [2.45, 2.75) is 32.9 Å². The summed E-state index contributed by atoms with van der Waals surface area (Å²) in [5, 5.41) is 4.68. The molecule has 1 aromatic heterocycles. The smallest absolute Gasteiger partial charge is 0.338 e. The van der Waals surface area contributed by atoms with Gasteiger partial charge < -0.3 is 15.0 Å². The standard InChI is InChI=1S/C26H31FN4O4S/c1-4-30-20(16-29-12-13-31(17(3)15-29)24(32)21-11-8-14-36-21)22(25(33)35-5-2)23(28-26(30)34)18-9-6-7-10-19(18)27/h6-11,14,17,23H,4-5,12-13,15-16H2,1-3H3,(H,28,34)/t17-,23-/m0/s1. The van der Waals surface area contributed by atoms with Gasteiger partial charge in [0.15, 0.2) is 0 Å². The third kappa shape index (κ3) is 5.15. The summed E-state index contributed by atoms with van der Waals surface area (Å²) in [7, 11) is 0. The number of halogens is 1. The summed E-state index contributed by atoms with van der Waals surface area (Å²) in [6.45, 7) is 7.98. The van der Waals surface area contributed by atoms with Crippen molar-refractivity contribution >= 4 is 29.2 Å². The fourth-order valence-electron chi connectivity index (χ4n) is 4.83. The van der Waals surface area contributed by atoms with Crippen molar-refractivity contribution < 1.29 is 23.5 Å². The van der Waals surface area contributed by atoms with Crippen LogP contribution < -0.4 is 5.32 Å². The lowest BCUT2D eigenvalue weighted by atomic mass is 9.93. The second-order valence-electron chi connectivity index (χ2n) is 8.79. The van der Waals surface area contributed by atoms with Crippen LogP contribution >= 0.6 is 11.3 Å². The van der Waals surface area contributed by atoms with Crippen LogP contribution in [0.4, 0.5) is 9.18 Å². The molecule has 3 amide bonds. The summed E-state index contributed by atoms with van der Waals surface area (Å²) in [4.78, 5) is 45.4. The fraction of sp³-hybridized carbons (Fsp3) is 0.423. The number of thiophene rings is 1. The zero-order valence-electron chi connectivity index (χ0n) is 20.7. The first-order valence-corrected chi connectivity index (χ1v) is 13.0. The van der Waals surface area contributed by atoms with Crippen LogP contribution in [0.15, 0.2) is 53.0 Å². The fourth-order valence-corrected chi connectivity index (χ4v) is 5.51. The monoisotopic (exact) mass is 514 g/mol. The van der Waals surface area contributed by atoms with E-state index < -0.39 is 23.9 Å². The topological polar surface area (TPSA) is 82.2 Å². The number of nitrogens with zero attached hydrogens (tertiary/aromatic N) is 3. The lowest BCUT2D eigenvalue weighted by Gasteiger charge is -2.42. The molecule has 0 saturated carbocycles. The van der Waals surface area contributed by atoms with Crippen molar-refractivity contribution in [2.75, 3.05) is 39.3 Å². The molecule has 192 valence electrons. The Hall–Kier alpha value is -3.24. The van der Waals surface area contributed by atoms with Crippen molar-refractivity contribution in [1.82, 2.24) is 20.0 Å². The first-order valence-electron chi connectivity index (χ1n) is 12.1. The number of rotatable bonds is 7. The summed E-state index contributed by atoms with van der Waals surface area (Å²) >= 11 is 1.42. The first-order chi connectivity index (χ1) is 17.3. The number of ether oxygens (including phenoxy) is 1. The van der Waals surface area contributed by atoms with Gasteiger partial charge in [0.05, 0.1) is 23.1 Å². The molecule has 0 bridgehead atoms. The van der Waals surface area contributed by atoms with Gasteiger partial charge in [0, 0.05) is 50.0 Å². The van der Waals surface area contributed by atoms with Crippen molar-refractivity contribution in [2.24, 2.45) is 0 Å². The molecular formula is C26H31FN4O4S. The predicted molar refractivity (Wildman–Crippen MR) is 135 cm³/mol. The van der Waals surface area contributed by atoms with Crippen LogP contribution in [0.3, 0.4) is 0 Å². The number of amides is 3. The minimum atomic E-state index is -0.963. The molecule has 0 unspecified atom stereocenters. The first kappa shape index (κ1) is 25.8. The van der Waals surface area contributed by atoms with Crippen LogP contribution in [0.25, 0.3) is 0 Å². The van der Waals surface area contributed by atoms with Gasteiger partial charge in [-0.2, -0.15) is 0 Å². The highest BCUT2D eigenvalue weighted by atomic mass is 32.1. The van der Waals surface area contributed by atoms with Gasteiger partial charge >= 0.3 is 12.0 Å². The number of carbonyl (C=O) groups is 3. The molecule has 1 saturated heterocycles. The summed E-state index contributed by atoms with van der Waals surface area (Å²) < 4.78 is 20.2. The summed E-state index contributed by atoms with van der Waals surface area (Å²) in [6, 6.07) is 8.38. The number of carbonyl (C=O) groups excluding carboxylic acids is 3. The Morgan fingerprint density at radius 2 is 1.94 bits per heavy atom. The normalized spacial score (nSPS) is 20.9. The Morgan fingerprint density at radius 1 is 1.17 bits per heavy atom. The van der Waals surface area contributed by atoms with Crippen LogP contribution in [0.1, 0.15) is 42.0 Å². The number of esters is 1. The van der Waals surface area contributed by atoms with Gasteiger partial charge in [0.25, 0.3) is 5.91 Å². The molecule has 0 aliphatic carbocycles. The van der Waals surface area contributed by atoms with Crippen LogP contribution in [-0.2, 0) is 9.53 Å². The highest BCUT2D eigenvalue weighted by molar-refractivity contribution is 7.12.